The summed E-state index contributed by atoms with van der Waals surface area (Å²) in [6.07, 6.45) is 4.01. The van der Waals surface area contributed by atoms with Crippen LogP contribution in [0.2, 0.25) is 0 Å². The maximum Gasteiger partial charge on any atom is 0.120 e. The molecule has 1 aromatic carbocycles. The Morgan fingerprint density at radius 1 is 1.47 bits per heavy atom. The molecular formula is C13H15NO. The molecule has 0 bridgehead atoms. The summed E-state index contributed by atoms with van der Waals surface area (Å²) in [5.41, 5.74) is 2.38. The van der Waals surface area contributed by atoms with Crippen LogP contribution < -0.4 is 4.74 Å². The second-order valence-electron chi connectivity index (χ2n) is 3.46. The van der Waals surface area contributed by atoms with Gasteiger partial charge < -0.3 is 9.30 Å². The first-order valence-corrected chi connectivity index (χ1v) is 5.09. The molecule has 0 aliphatic heterocycles. The van der Waals surface area contributed by atoms with Crippen molar-refractivity contribution in [2.24, 2.45) is 0 Å². The Morgan fingerprint density at radius 2 is 2.27 bits per heavy atom. The Morgan fingerprint density at radius 3 is 2.87 bits per heavy atom. The van der Waals surface area contributed by atoms with Crippen LogP contribution in [0.5, 0.6) is 5.75 Å². The number of aryl methyl sites for hydroxylation is 1. The van der Waals surface area contributed by atoms with Gasteiger partial charge in [-0.15, -0.1) is 0 Å². The Labute approximate surface area is 89.8 Å². The summed E-state index contributed by atoms with van der Waals surface area (Å²) >= 11 is 0. The monoisotopic (exact) mass is 201 g/mol. The minimum Gasteiger partial charge on any atom is -0.497 e. The van der Waals surface area contributed by atoms with Gasteiger partial charge in [-0.2, -0.15) is 0 Å². The van der Waals surface area contributed by atoms with E-state index in [2.05, 4.69) is 36.4 Å². The van der Waals surface area contributed by atoms with E-state index in [4.69, 9.17) is 4.74 Å². The van der Waals surface area contributed by atoms with Crippen molar-refractivity contribution in [3.8, 4) is 5.75 Å². The zero-order chi connectivity index (χ0) is 10.8. The number of ether oxygens (including phenoxy) is 1. The van der Waals surface area contributed by atoms with Gasteiger partial charge in [-0.25, -0.2) is 0 Å². The highest BCUT2D eigenvalue weighted by molar-refractivity contribution is 5.90. The first-order chi connectivity index (χ1) is 7.30. The molecule has 2 nitrogen and oxygen atoms in total. The molecular weight excluding hydrogens is 186 g/mol. The van der Waals surface area contributed by atoms with E-state index >= 15 is 0 Å². The van der Waals surface area contributed by atoms with Crippen LogP contribution in [0.3, 0.4) is 0 Å². The van der Waals surface area contributed by atoms with Crippen LogP contribution in [0, 0.1) is 0 Å². The zero-order valence-corrected chi connectivity index (χ0v) is 9.16. The van der Waals surface area contributed by atoms with Crippen molar-refractivity contribution in [1.29, 1.82) is 0 Å². The largest absolute Gasteiger partial charge is 0.497 e. The van der Waals surface area contributed by atoms with Crippen molar-refractivity contribution in [1.82, 2.24) is 4.57 Å². The number of hydrogen-bond donors (Lipinski definition) is 0. The SMILES string of the molecule is C=Cc1cn(CC)c2cc(OC)ccc12. The third kappa shape index (κ3) is 1.52. The Kier molecular flexibility index (Phi) is 2.50. The van der Waals surface area contributed by atoms with E-state index in [9.17, 15) is 0 Å². The van der Waals surface area contributed by atoms with Crippen LogP contribution in [0.4, 0.5) is 0 Å². The van der Waals surface area contributed by atoms with Gasteiger partial charge in [-0.1, -0.05) is 12.7 Å². The smallest absolute Gasteiger partial charge is 0.120 e. The lowest BCUT2D eigenvalue weighted by Crippen LogP contribution is -1.91. The number of rotatable bonds is 3. The van der Waals surface area contributed by atoms with E-state index in [1.54, 1.807) is 7.11 Å². The number of aromatic nitrogens is 1. The van der Waals surface area contributed by atoms with Crippen molar-refractivity contribution in [2.75, 3.05) is 7.11 Å². The molecule has 1 aromatic heterocycles. The summed E-state index contributed by atoms with van der Waals surface area (Å²) in [5, 5.41) is 1.23. The molecule has 15 heavy (non-hydrogen) atoms. The molecule has 2 rings (SSSR count). The van der Waals surface area contributed by atoms with Gasteiger partial charge in [-0.05, 0) is 24.6 Å². The molecule has 2 aromatic rings. The van der Waals surface area contributed by atoms with Gasteiger partial charge in [0.05, 0.1) is 12.6 Å². The van der Waals surface area contributed by atoms with Crippen LogP contribution in [0.1, 0.15) is 12.5 Å². The van der Waals surface area contributed by atoms with Crippen molar-refractivity contribution in [3.05, 3.63) is 36.5 Å². The van der Waals surface area contributed by atoms with Crippen LogP contribution in [-0.2, 0) is 6.54 Å². The van der Waals surface area contributed by atoms with Crippen LogP contribution in [0.25, 0.3) is 17.0 Å². The molecule has 0 spiro atoms. The molecule has 2 heteroatoms. The van der Waals surface area contributed by atoms with E-state index in [1.807, 2.05) is 12.1 Å². The minimum absolute atomic E-state index is 0.894. The predicted molar refractivity (Wildman–Crippen MR) is 64.3 cm³/mol. The molecule has 0 saturated carbocycles. The summed E-state index contributed by atoms with van der Waals surface area (Å²) in [6, 6.07) is 6.12. The fourth-order valence-corrected chi connectivity index (χ4v) is 1.85. The van der Waals surface area contributed by atoms with Crippen LogP contribution in [-0.4, -0.2) is 11.7 Å². The van der Waals surface area contributed by atoms with Crippen molar-refractivity contribution >= 4 is 17.0 Å². The van der Waals surface area contributed by atoms with E-state index in [-0.39, 0.29) is 0 Å². The van der Waals surface area contributed by atoms with E-state index in [1.165, 1.54) is 16.5 Å². The standard InChI is InChI=1S/C13H15NO/c1-4-10-9-14(5-2)13-8-11(15-3)6-7-12(10)13/h4,6-9H,1,5H2,2-3H3. The molecule has 0 amide bonds. The van der Waals surface area contributed by atoms with Gasteiger partial charge in [0, 0.05) is 24.2 Å². The van der Waals surface area contributed by atoms with Crippen molar-refractivity contribution in [2.45, 2.75) is 13.5 Å². The van der Waals surface area contributed by atoms with E-state index in [0.717, 1.165) is 12.3 Å². The lowest BCUT2D eigenvalue weighted by Gasteiger charge is -2.02. The summed E-state index contributed by atoms with van der Waals surface area (Å²) in [5.74, 6) is 0.894. The fourth-order valence-electron chi connectivity index (χ4n) is 1.85. The highest BCUT2D eigenvalue weighted by Gasteiger charge is 2.05. The third-order valence-corrected chi connectivity index (χ3v) is 2.68. The fraction of sp³-hybridized carbons (Fsp3) is 0.231. The van der Waals surface area contributed by atoms with E-state index in [0.29, 0.717) is 0 Å². The maximum atomic E-state index is 5.23. The molecule has 0 aliphatic carbocycles. The summed E-state index contributed by atoms with van der Waals surface area (Å²) in [6.45, 7) is 6.91. The van der Waals surface area contributed by atoms with Gasteiger partial charge in [0.25, 0.3) is 0 Å². The lowest BCUT2D eigenvalue weighted by molar-refractivity contribution is 0.415. The molecule has 0 atom stereocenters. The first-order valence-electron chi connectivity index (χ1n) is 5.09. The van der Waals surface area contributed by atoms with Crippen LogP contribution >= 0.6 is 0 Å². The van der Waals surface area contributed by atoms with Gasteiger partial charge in [-0.3, -0.25) is 0 Å². The highest BCUT2D eigenvalue weighted by Crippen LogP contribution is 2.26. The summed E-state index contributed by atoms with van der Waals surface area (Å²) in [4.78, 5) is 0. The molecule has 0 unspecified atom stereocenters. The number of benzene rings is 1. The average molecular weight is 201 g/mol. The highest BCUT2D eigenvalue weighted by atomic mass is 16.5. The molecule has 0 saturated heterocycles. The molecule has 0 radical (unpaired) electrons. The topological polar surface area (TPSA) is 14.2 Å². The number of hydrogen-bond acceptors (Lipinski definition) is 1. The lowest BCUT2D eigenvalue weighted by atomic mass is 10.2. The van der Waals surface area contributed by atoms with E-state index < -0.39 is 0 Å². The van der Waals surface area contributed by atoms with Crippen LogP contribution in [0.15, 0.2) is 31.0 Å². The van der Waals surface area contributed by atoms with Gasteiger partial charge in [0.2, 0.25) is 0 Å². The Hall–Kier alpha value is -1.70. The second kappa shape index (κ2) is 3.81. The second-order valence-corrected chi connectivity index (χ2v) is 3.46. The number of nitrogens with zero attached hydrogens (tertiary/aromatic N) is 1. The van der Waals surface area contributed by atoms with Crippen molar-refractivity contribution in [3.63, 3.8) is 0 Å². The molecule has 78 valence electrons. The van der Waals surface area contributed by atoms with Gasteiger partial charge in [0.1, 0.15) is 5.75 Å². The molecule has 0 fully saturated rings. The molecule has 0 N–H and O–H groups in total. The number of methoxy groups -OCH3 is 1. The first kappa shape index (κ1) is 9.84. The van der Waals surface area contributed by atoms with Gasteiger partial charge >= 0.3 is 0 Å². The van der Waals surface area contributed by atoms with Crippen molar-refractivity contribution < 1.29 is 4.74 Å². The molecule has 0 aliphatic rings. The predicted octanol–water partition coefficient (Wildman–Crippen LogP) is 3.31. The Balaban J connectivity index is 2.73. The Bertz CT molecular complexity index is 496. The average Bonchev–Trinajstić information content (AvgIpc) is 2.65. The number of fused-ring (bicyclic) bond motifs is 1. The van der Waals surface area contributed by atoms with Gasteiger partial charge in [0.15, 0.2) is 0 Å². The zero-order valence-electron chi connectivity index (χ0n) is 9.16. The molecule has 1 heterocycles. The summed E-state index contributed by atoms with van der Waals surface area (Å²) in [7, 11) is 1.69. The third-order valence-electron chi connectivity index (χ3n) is 2.68. The quantitative estimate of drug-likeness (QED) is 0.743. The maximum absolute atomic E-state index is 5.23. The minimum atomic E-state index is 0.894. The summed E-state index contributed by atoms with van der Waals surface area (Å²) < 4.78 is 7.43. The normalized spacial score (nSPS) is 10.5.